The number of nitrogens with one attached hydrogen (secondary N) is 1. The molecule has 25 heavy (non-hydrogen) atoms. The normalized spacial score (nSPS) is 11.2. The minimum Gasteiger partial charge on any atom is -0.352 e. The summed E-state index contributed by atoms with van der Waals surface area (Å²) in [6.07, 6.45) is 1.58. The van der Waals surface area contributed by atoms with Crippen molar-refractivity contribution in [3.63, 3.8) is 0 Å². The van der Waals surface area contributed by atoms with Gasteiger partial charge in [-0.1, -0.05) is 12.1 Å². The molecule has 0 aliphatic rings. The smallest absolute Gasteiger partial charge is 0.251 e. The maximum Gasteiger partial charge on any atom is 0.251 e. The molecule has 5 heteroatoms. The number of hydrogen-bond acceptors (Lipinski definition) is 2. The van der Waals surface area contributed by atoms with Crippen LogP contribution in [0.25, 0.3) is 11.0 Å². The highest BCUT2D eigenvalue weighted by atomic mass is 19.1. The van der Waals surface area contributed by atoms with Crippen molar-refractivity contribution in [1.29, 1.82) is 0 Å². The van der Waals surface area contributed by atoms with Gasteiger partial charge in [-0.2, -0.15) is 0 Å². The number of carbonyl (C=O) groups is 1. The lowest BCUT2D eigenvalue weighted by Gasteiger charge is -2.13. The number of imidazole rings is 1. The van der Waals surface area contributed by atoms with Gasteiger partial charge < -0.3 is 9.88 Å². The number of aromatic nitrogens is 2. The molecule has 0 aliphatic carbocycles. The monoisotopic (exact) mass is 339 g/mol. The lowest BCUT2D eigenvalue weighted by atomic mass is 10.2. The maximum atomic E-state index is 12.9. The van der Waals surface area contributed by atoms with Crippen LogP contribution in [0.5, 0.6) is 0 Å². The van der Waals surface area contributed by atoms with Gasteiger partial charge in [0.2, 0.25) is 0 Å². The molecule has 0 atom stereocenters. The van der Waals surface area contributed by atoms with Crippen molar-refractivity contribution in [2.24, 2.45) is 0 Å². The van der Waals surface area contributed by atoms with E-state index in [1.807, 2.05) is 18.2 Å². The Morgan fingerprint density at radius 3 is 2.60 bits per heavy atom. The minimum absolute atomic E-state index is 0.183. The van der Waals surface area contributed by atoms with Crippen molar-refractivity contribution in [1.82, 2.24) is 14.9 Å². The van der Waals surface area contributed by atoms with Crippen LogP contribution in [0, 0.1) is 5.82 Å². The highest BCUT2D eigenvalue weighted by molar-refractivity contribution is 5.94. The molecule has 130 valence electrons. The van der Waals surface area contributed by atoms with Gasteiger partial charge in [-0.25, -0.2) is 9.37 Å². The summed E-state index contributed by atoms with van der Waals surface area (Å²) in [4.78, 5) is 16.8. The molecule has 1 aromatic heterocycles. The lowest BCUT2D eigenvalue weighted by molar-refractivity contribution is 0.0953. The maximum absolute atomic E-state index is 12.9. The molecule has 0 radical (unpaired) electrons. The van der Waals surface area contributed by atoms with Gasteiger partial charge in [0.05, 0.1) is 11.0 Å². The molecule has 0 unspecified atom stereocenters. The van der Waals surface area contributed by atoms with E-state index in [-0.39, 0.29) is 11.7 Å². The van der Waals surface area contributed by atoms with Crippen molar-refractivity contribution in [3.8, 4) is 0 Å². The number of fused-ring (bicyclic) bond motifs is 1. The molecule has 0 spiro atoms. The van der Waals surface area contributed by atoms with Crippen molar-refractivity contribution in [2.45, 2.75) is 32.7 Å². The van der Waals surface area contributed by atoms with Crippen LogP contribution in [0.15, 0.2) is 48.5 Å². The van der Waals surface area contributed by atoms with E-state index in [0.29, 0.717) is 18.2 Å². The number of para-hydroxylation sites is 2. The minimum atomic E-state index is -0.343. The summed E-state index contributed by atoms with van der Waals surface area (Å²) in [6, 6.07) is 14.0. The third-order valence-corrected chi connectivity index (χ3v) is 4.15. The Morgan fingerprint density at radius 2 is 1.88 bits per heavy atom. The highest BCUT2D eigenvalue weighted by Crippen LogP contribution is 2.21. The summed E-state index contributed by atoms with van der Waals surface area (Å²) < 4.78 is 15.1. The van der Waals surface area contributed by atoms with E-state index in [4.69, 9.17) is 4.98 Å². The van der Waals surface area contributed by atoms with Crippen molar-refractivity contribution in [2.75, 3.05) is 6.54 Å². The molecule has 1 amide bonds. The molecular formula is C20H22FN3O. The van der Waals surface area contributed by atoms with Gasteiger partial charge in [-0.15, -0.1) is 0 Å². The second kappa shape index (κ2) is 7.47. The molecular weight excluding hydrogens is 317 g/mol. The Balaban J connectivity index is 1.60. The van der Waals surface area contributed by atoms with E-state index in [0.717, 1.165) is 29.7 Å². The fraction of sp³-hybridized carbons (Fsp3) is 0.300. The topological polar surface area (TPSA) is 46.9 Å². The average molecular weight is 339 g/mol. The van der Waals surface area contributed by atoms with Crippen LogP contribution in [-0.4, -0.2) is 22.0 Å². The number of halogens is 1. The van der Waals surface area contributed by atoms with Crippen LogP contribution in [0.1, 0.15) is 42.5 Å². The molecule has 0 saturated heterocycles. The molecule has 0 saturated carbocycles. The lowest BCUT2D eigenvalue weighted by Crippen LogP contribution is -2.25. The summed E-state index contributed by atoms with van der Waals surface area (Å²) in [6.45, 7) is 4.85. The Labute approximate surface area is 146 Å². The van der Waals surface area contributed by atoms with Crippen LogP contribution in [-0.2, 0) is 6.42 Å². The second-order valence-corrected chi connectivity index (χ2v) is 6.35. The van der Waals surface area contributed by atoms with Gasteiger partial charge in [0.1, 0.15) is 11.6 Å². The summed E-state index contributed by atoms with van der Waals surface area (Å²) in [7, 11) is 0. The van der Waals surface area contributed by atoms with Crippen molar-refractivity contribution in [3.05, 3.63) is 65.7 Å². The second-order valence-electron chi connectivity index (χ2n) is 6.35. The zero-order valence-corrected chi connectivity index (χ0v) is 14.5. The number of carbonyl (C=O) groups excluding carboxylic acids is 1. The van der Waals surface area contributed by atoms with Crippen LogP contribution >= 0.6 is 0 Å². The van der Waals surface area contributed by atoms with Crippen molar-refractivity contribution >= 4 is 16.9 Å². The Kier molecular flexibility index (Phi) is 5.12. The van der Waals surface area contributed by atoms with E-state index < -0.39 is 0 Å². The first kappa shape index (κ1) is 17.1. The molecule has 0 fully saturated rings. The Hall–Kier alpha value is -2.69. The third-order valence-electron chi connectivity index (χ3n) is 4.15. The SMILES string of the molecule is CC(C)n1c(CCCNC(=O)c2ccc(F)cc2)nc2ccccc21. The van der Waals surface area contributed by atoms with E-state index in [1.165, 1.54) is 24.3 Å². The van der Waals surface area contributed by atoms with Gasteiger partial charge in [-0.3, -0.25) is 4.79 Å². The molecule has 3 aromatic rings. The Morgan fingerprint density at radius 1 is 1.16 bits per heavy atom. The fourth-order valence-electron chi connectivity index (χ4n) is 3.00. The van der Waals surface area contributed by atoms with Crippen molar-refractivity contribution < 1.29 is 9.18 Å². The van der Waals surface area contributed by atoms with Gasteiger partial charge in [0.15, 0.2) is 0 Å². The van der Waals surface area contributed by atoms with Crippen LogP contribution in [0.3, 0.4) is 0 Å². The molecule has 0 aliphatic heterocycles. The van der Waals surface area contributed by atoms with Crippen LogP contribution in [0.4, 0.5) is 4.39 Å². The predicted octanol–water partition coefficient (Wildman–Crippen LogP) is 4.12. The summed E-state index contributed by atoms with van der Waals surface area (Å²) in [5, 5.41) is 2.87. The quantitative estimate of drug-likeness (QED) is 0.687. The number of rotatable bonds is 6. The number of hydrogen-bond donors (Lipinski definition) is 1. The van der Waals surface area contributed by atoms with E-state index in [1.54, 1.807) is 0 Å². The number of aryl methyl sites for hydroxylation is 1. The number of nitrogens with zero attached hydrogens (tertiary/aromatic N) is 2. The van der Waals surface area contributed by atoms with Gasteiger partial charge in [0, 0.05) is 24.6 Å². The fourth-order valence-corrected chi connectivity index (χ4v) is 3.00. The average Bonchev–Trinajstić information content (AvgIpc) is 2.97. The zero-order valence-electron chi connectivity index (χ0n) is 14.5. The largest absolute Gasteiger partial charge is 0.352 e. The van der Waals surface area contributed by atoms with E-state index >= 15 is 0 Å². The summed E-state index contributed by atoms with van der Waals surface area (Å²) in [5.74, 6) is 0.508. The molecule has 2 aromatic carbocycles. The first-order valence-electron chi connectivity index (χ1n) is 8.56. The first-order chi connectivity index (χ1) is 12.1. The van der Waals surface area contributed by atoms with E-state index in [9.17, 15) is 9.18 Å². The van der Waals surface area contributed by atoms with Crippen LogP contribution in [0.2, 0.25) is 0 Å². The summed E-state index contributed by atoms with van der Waals surface area (Å²) in [5.41, 5.74) is 2.61. The number of benzene rings is 2. The first-order valence-corrected chi connectivity index (χ1v) is 8.56. The molecule has 1 N–H and O–H groups in total. The third kappa shape index (κ3) is 3.87. The molecule has 3 rings (SSSR count). The van der Waals surface area contributed by atoms with Crippen LogP contribution < -0.4 is 5.32 Å². The standard InChI is InChI=1S/C20H22FN3O/c1-14(2)24-18-7-4-3-6-17(18)23-19(24)8-5-13-22-20(25)15-9-11-16(21)12-10-15/h3-4,6-7,9-12,14H,5,8,13H2,1-2H3,(H,22,25). The van der Waals surface area contributed by atoms with Gasteiger partial charge in [0.25, 0.3) is 5.91 Å². The highest BCUT2D eigenvalue weighted by Gasteiger charge is 2.12. The molecule has 4 nitrogen and oxygen atoms in total. The Bertz CT molecular complexity index is 868. The van der Waals surface area contributed by atoms with E-state index in [2.05, 4.69) is 29.8 Å². The van der Waals surface area contributed by atoms with Gasteiger partial charge in [-0.05, 0) is 56.7 Å². The predicted molar refractivity (Wildman–Crippen MR) is 97.2 cm³/mol. The molecule has 0 bridgehead atoms. The molecule has 1 heterocycles. The van der Waals surface area contributed by atoms with Gasteiger partial charge >= 0.3 is 0 Å². The number of amides is 1. The summed E-state index contributed by atoms with van der Waals surface area (Å²) >= 11 is 0. The zero-order chi connectivity index (χ0) is 17.8.